The van der Waals surface area contributed by atoms with Crippen molar-refractivity contribution in [1.29, 1.82) is 0 Å². The van der Waals surface area contributed by atoms with E-state index in [1.165, 1.54) is 0 Å². The topological polar surface area (TPSA) is 43.4 Å². The maximum atomic E-state index is 13.0. The third kappa shape index (κ3) is 4.45. The zero-order chi connectivity index (χ0) is 20.4. The smallest absolute Gasteiger partial charge is 0.209 e. The molecule has 0 N–H and O–H groups in total. The van der Waals surface area contributed by atoms with Crippen molar-refractivity contribution in [2.24, 2.45) is 0 Å². The van der Waals surface area contributed by atoms with E-state index in [2.05, 4.69) is 0 Å². The maximum Gasteiger partial charge on any atom is 0.523 e. The standard InChI is InChI=1S/C20H21F3O3S2/c1-16-9-5-6-12-18(16)19(17-10-3-2-4-11-17)15-27(13-7-8-14-27)26-28(24,25)20(21,22)23/h2-6,9-12,15H,7-8,13-14H2,1H3. The molecular formula is C20H21F3O3S2. The minimum Gasteiger partial charge on any atom is -0.209 e. The van der Waals surface area contributed by atoms with Gasteiger partial charge in [0, 0.05) is 11.5 Å². The maximum absolute atomic E-state index is 13.0. The van der Waals surface area contributed by atoms with E-state index in [-0.39, 0.29) is 0 Å². The Labute approximate surface area is 164 Å². The fourth-order valence-electron chi connectivity index (χ4n) is 3.21. The van der Waals surface area contributed by atoms with Crippen LogP contribution in [-0.4, -0.2) is 25.4 Å². The summed E-state index contributed by atoms with van der Waals surface area (Å²) in [7, 11) is -8.25. The molecule has 0 radical (unpaired) electrons. The van der Waals surface area contributed by atoms with Gasteiger partial charge in [0.15, 0.2) is 0 Å². The van der Waals surface area contributed by atoms with Crippen molar-refractivity contribution in [3.63, 3.8) is 0 Å². The zero-order valence-electron chi connectivity index (χ0n) is 15.3. The lowest BCUT2D eigenvalue weighted by atomic mass is 9.96. The first kappa shape index (κ1) is 21.0. The lowest BCUT2D eigenvalue weighted by Crippen LogP contribution is -2.27. The molecule has 3 nitrogen and oxygen atoms in total. The summed E-state index contributed by atoms with van der Waals surface area (Å²) in [5, 5.41) is 1.65. The van der Waals surface area contributed by atoms with Crippen LogP contribution < -0.4 is 0 Å². The molecule has 0 spiro atoms. The summed E-state index contributed by atoms with van der Waals surface area (Å²) in [4.78, 5) is 0. The van der Waals surface area contributed by atoms with Crippen LogP contribution in [0.5, 0.6) is 0 Å². The minimum absolute atomic E-state index is 0.296. The largest absolute Gasteiger partial charge is 0.523 e. The molecule has 0 aromatic heterocycles. The summed E-state index contributed by atoms with van der Waals surface area (Å²) < 4.78 is 67.4. The van der Waals surface area contributed by atoms with Gasteiger partial charge < -0.3 is 0 Å². The van der Waals surface area contributed by atoms with Crippen LogP contribution in [0, 0.1) is 6.92 Å². The molecule has 1 aliphatic heterocycles. The van der Waals surface area contributed by atoms with Gasteiger partial charge in [-0.1, -0.05) is 64.9 Å². The summed E-state index contributed by atoms with van der Waals surface area (Å²) in [6.07, 6.45) is 1.27. The highest BCUT2D eigenvalue weighted by Gasteiger charge is 2.51. The van der Waals surface area contributed by atoms with E-state index in [4.69, 9.17) is 3.63 Å². The van der Waals surface area contributed by atoms with Gasteiger partial charge in [-0.25, -0.2) is 3.63 Å². The molecule has 1 fully saturated rings. The third-order valence-electron chi connectivity index (χ3n) is 4.59. The fraction of sp³-hybridized carbons (Fsp3) is 0.300. The van der Waals surface area contributed by atoms with Gasteiger partial charge in [-0.2, -0.15) is 21.6 Å². The second-order valence-electron chi connectivity index (χ2n) is 6.67. The number of halogens is 3. The Kier molecular flexibility index (Phi) is 5.93. The molecule has 8 heteroatoms. The first-order chi connectivity index (χ1) is 13.1. The molecule has 1 heterocycles. The molecule has 152 valence electrons. The molecule has 3 rings (SSSR count). The van der Waals surface area contributed by atoms with E-state index in [0.717, 1.165) is 16.7 Å². The van der Waals surface area contributed by atoms with Gasteiger partial charge in [0.25, 0.3) is 0 Å². The SMILES string of the molecule is Cc1ccccc1C(=CS1(OS(=O)(=O)C(F)(F)F)CCCC1)c1ccccc1. The zero-order valence-corrected chi connectivity index (χ0v) is 16.9. The van der Waals surface area contributed by atoms with Gasteiger partial charge in [-0.3, -0.25) is 0 Å². The predicted octanol–water partition coefficient (Wildman–Crippen LogP) is 5.76. The molecule has 1 saturated heterocycles. The normalized spacial score (nSPS) is 18.8. The monoisotopic (exact) mass is 430 g/mol. The summed E-state index contributed by atoms with van der Waals surface area (Å²) >= 11 is 0. The predicted molar refractivity (Wildman–Crippen MR) is 107 cm³/mol. The number of benzene rings is 2. The number of hydrogen-bond donors (Lipinski definition) is 0. The van der Waals surface area contributed by atoms with E-state index < -0.39 is 25.9 Å². The van der Waals surface area contributed by atoms with Crippen molar-refractivity contribution in [2.45, 2.75) is 25.3 Å². The van der Waals surface area contributed by atoms with Crippen LogP contribution in [0.4, 0.5) is 13.2 Å². The van der Waals surface area contributed by atoms with Crippen LogP contribution in [0.1, 0.15) is 29.5 Å². The van der Waals surface area contributed by atoms with Crippen LogP contribution >= 0.6 is 10.3 Å². The molecule has 0 amide bonds. The summed E-state index contributed by atoms with van der Waals surface area (Å²) in [6.45, 7) is 1.91. The highest BCUT2D eigenvalue weighted by molar-refractivity contribution is 8.35. The fourth-order valence-corrected chi connectivity index (χ4v) is 8.17. The Bertz CT molecular complexity index is 962. The van der Waals surface area contributed by atoms with E-state index in [1.807, 2.05) is 61.5 Å². The van der Waals surface area contributed by atoms with Crippen molar-refractivity contribution < 1.29 is 25.2 Å². The van der Waals surface area contributed by atoms with Crippen LogP contribution in [0.25, 0.3) is 5.57 Å². The molecule has 0 bridgehead atoms. The molecule has 2 aromatic rings. The van der Waals surface area contributed by atoms with E-state index in [9.17, 15) is 21.6 Å². The van der Waals surface area contributed by atoms with Gasteiger partial charge in [0.2, 0.25) is 0 Å². The quantitative estimate of drug-likeness (QED) is 0.566. The number of alkyl halides is 3. The molecule has 1 aliphatic rings. The van der Waals surface area contributed by atoms with Crippen molar-refractivity contribution in [1.82, 2.24) is 0 Å². The van der Waals surface area contributed by atoms with Crippen molar-refractivity contribution in [2.75, 3.05) is 11.5 Å². The average molecular weight is 431 g/mol. The Balaban J connectivity index is 2.16. The van der Waals surface area contributed by atoms with Gasteiger partial charge in [-0.05, 0) is 47.4 Å². The summed E-state index contributed by atoms with van der Waals surface area (Å²) in [5.74, 6) is 0.592. The van der Waals surface area contributed by atoms with E-state index in [0.29, 0.717) is 29.9 Å². The van der Waals surface area contributed by atoms with Crippen LogP contribution in [0.15, 0.2) is 60.0 Å². The van der Waals surface area contributed by atoms with Crippen molar-refractivity contribution >= 4 is 26.0 Å². The van der Waals surface area contributed by atoms with Crippen molar-refractivity contribution in [3.8, 4) is 0 Å². The molecule has 0 saturated carbocycles. The van der Waals surface area contributed by atoms with Crippen molar-refractivity contribution in [3.05, 3.63) is 76.7 Å². The first-order valence-electron chi connectivity index (χ1n) is 8.78. The third-order valence-corrected chi connectivity index (χ3v) is 9.58. The number of rotatable bonds is 5. The van der Waals surface area contributed by atoms with Gasteiger partial charge >= 0.3 is 15.6 Å². The van der Waals surface area contributed by atoms with E-state index >= 15 is 0 Å². The molecule has 28 heavy (non-hydrogen) atoms. The second-order valence-corrected chi connectivity index (χ2v) is 11.4. The Hall–Kier alpha value is -1.77. The first-order valence-corrected chi connectivity index (χ1v) is 12.1. The van der Waals surface area contributed by atoms with Gasteiger partial charge in [0.1, 0.15) is 0 Å². The van der Waals surface area contributed by atoms with Gasteiger partial charge in [0.05, 0.1) is 0 Å². The highest BCUT2D eigenvalue weighted by atomic mass is 32.3. The minimum atomic E-state index is -5.67. The lowest BCUT2D eigenvalue weighted by Gasteiger charge is -2.32. The Morgan fingerprint density at radius 3 is 2.14 bits per heavy atom. The van der Waals surface area contributed by atoms with Crippen LogP contribution in [0.2, 0.25) is 0 Å². The lowest BCUT2D eigenvalue weighted by molar-refractivity contribution is -0.0495. The molecule has 2 aromatic carbocycles. The van der Waals surface area contributed by atoms with Crippen LogP contribution in [-0.2, 0) is 13.7 Å². The highest BCUT2D eigenvalue weighted by Crippen LogP contribution is 2.60. The van der Waals surface area contributed by atoms with Gasteiger partial charge in [-0.15, -0.1) is 0 Å². The Morgan fingerprint density at radius 2 is 1.57 bits per heavy atom. The number of hydrogen-bond acceptors (Lipinski definition) is 3. The second kappa shape index (κ2) is 7.93. The average Bonchev–Trinajstić information content (AvgIpc) is 3.08. The molecular weight excluding hydrogens is 409 g/mol. The molecule has 0 unspecified atom stereocenters. The van der Waals surface area contributed by atoms with E-state index in [1.54, 1.807) is 5.41 Å². The number of aryl methyl sites for hydroxylation is 1. The molecule has 0 atom stereocenters. The molecule has 0 aliphatic carbocycles. The summed E-state index contributed by atoms with van der Waals surface area (Å²) in [5.41, 5.74) is -2.13. The van der Waals surface area contributed by atoms with Crippen LogP contribution in [0.3, 0.4) is 0 Å². The Morgan fingerprint density at radius 1 is 1.00 bits per heavy atom. The summed E-state index contributed by atoms with van der Waals surface area (Å²) in [6, 6.07) is 16.8.